The topological polar surface area (TPSA) is 173 Å². The molecule has 2 amide bonds. The predicted molar refractivity (Wildman–Crippen MR) is 233 cm³/mol. The van der Waals surface area contributed by atoms with E-state index in [-0.39, 0.29) is 34.9 Å². The normalized spacial score (nSPS) is 12.9. The van der Waals surface area contributed by atoms with E-state index in [1.54, 1.807) is 0 Å². The molecule has 0 saturated heterocycles. The van der Waals surface area contributed by atoms with Crippen LogP contribution in [0.25, 0.3) is 0 Å². The Kier molecular flexibility index (Phi) is 88.2. The molecule has 0 aromatic heterocycles. The van der Waals surface area contributed by atoms with Gasteiger partial charge in [0.25, 0.3) is 23.4 Å². The Balaban J connectivity index is -0.0000000746. The van der Waals surface area contributed by atoms with Crippen molar-refractivity contribution in [3.05, 3.63) is 0 Å². The highest BCUT2D eigenvalue weighted by molar-refractivity contribution is 6.65. The first-order chi connectivity index (χ1) is 39.6. The fourth-order valence-electron chi connectivity index (χ4n) is 2.46. The Hall–Kier alpha value is -4.18. The third-order valence-electron chi connectivity index (χ3n) is 5.12. The fraction of sp³-hybridized carbons (Fsp3) is 0.919. The molecule has 0 fully saturated rings. The summed E-state index contributed by atoms with van der Waals surface area (Å²) in [6.45, 7) is -8.70. The van der Waals surface area contributed by atoms with Gasteiger partial charge >= 0.3 is 61.0 Å². The van der Waals surface area contributed by atoms with Crippen LogP contribution in [0.3, 0.4) is 0 Å². The van der Waals surface area contributed by atoms with E-state index in [9.17, 15) is 190 Å². The third-order valence-corrected chi connectivity index (χ3v) is 5.37. The molecule has 12 nitrogen and oxygen atoms in total. The molecule has 0 spiro atoms. The van der Waals surface area contributed by atoms with Crippen molar-refractivity contribution >= 4 is 28.7 Å². The Morgan fingerprint density at radius 3 is 0.844 bits per heavy atom. The minimum atomic E-state index is -6.86. The lowest BCUT2D eigenvalue weighted by Gasteiger charge is -2.30. The van der Waals surface area contributed by atoms with Crippen LogP contribution in [0.5, 0.6) is 0 Å². The van der Waals surface area contributed by atoms with Gasteiger partial charge in [-0.25, -0.2) is 57.1 Å². The van der Waals surface area contributed by atoms with Gasteiger partial charge in [0, 0.05) is 26.2 Å². The monoisotopic (exact) mass is 1480 g/mol. The molecular formula is C37H59ClF40N4O8. The van der Waals surface area contributed by atoms with E-state index in [1.807, 2.05) is 4.74 Å². The van der Waals surface area contributed by atoms with Crippen molar-refractivity contribution in [1.82, 2.24) is 10.6 Å². The Morgan fingerprint density at radius 2 is 0.644 bits per heavy atom. The molecule has 0 saturated carbocycles. The average molecular weight is 1480 g/mol. The molecule has 0 heterocycles. The number of amides is 2. The number of hydrogen-bond acceptors (Lipinski definition) is 10. The Morgan fingerprint density at radius 1 is 0.411 bits per heavy atom. The molecule has 90 heavy (non-hydrogen) atoms. The number of ether oxygens (including phenoxy) is 5. The number of carbonyl (C=O) groups is 3. The van der Waals surface area contributed by atoms with Crippen molar-refractivity contribution < 1.29 is 214 Å². The zero-order chi connectivity index (χ0) is 73.9. The Labute approximate surface area is 488 Å². The number of carbonyl (C=O) groups excluding carboxylic acids is 3. The lowest BCUT2D eigenvalue weighted by Crippen LogP contribution is -2.60. The lowest BCUT2D eigenvalue weighted by atomic mass is 10.2. The first-order valence-corrected chi connectivity index (χ1v) is 20.9. The molecule has 0 aliphatic carbocycles. The molecular weight excluding hydrogens is 1420 g/mol. The summed E-state index contributed by atoms with van der Waals surface area (Å²) < 4.78 is 468. The van der Waals surface area contributed by atoms with Gasteiger partial charge in [-0.1, -0.05) is 14.9 Å². The molecule has 0 aromatic carbocycles. The summed E-state index contributed by atoms with van der Waals surface area (Å²) in [5.74, 6) is -17.7. The average Bonchev–Trinajstić information content (AvgIpc) is 3.33. The molecule has 0 aliphatic rings. The molecule has 0 bridgehead atoms. The zero-order valence-corrected chi connectivity index (χ0v) is 44.3. The number of hydrogen-bond donors (Lipinski definition) is 4. The summed E-state index contributed by atoms with van der Waals surface area (Å²) in [5, 5.41) is -1.04. The standard InChI is InChI=1S/C14H12F16N2O5.C5ClF9O2.C4H12N2O.3C2H5F.6CH2F2.2CH4/c15-7(11(20,21)22)36-5(10(17,18)19)6(33)31-1-3-35-4-2-32-8(34)9(16,12(23,24)25)37-14(29,30)13(26,27)28;6-1(16)2(7,3(8,9)10)17-5(14,15)4(11,12)13;5-1-3-7-4-2-6;3*1-2-3;6*2-1-3;;/h5,7H,1-4H2,(H,31,33)(H,32,34);;1-6H2;3*2H2,1H3;6*1H2;2*1H4. The van der Waals surface area contributed by atoms with Crippen LogP contribution in [0, 0.1) is 0 Å². The maximum Gasteiger partial charge on any atom is 0.483 e. The van der Waals surface area contributed by atoms with E-state index in [0.29, 0.717) is 26.3 Å². The largest absolute Gasteiger partial charge is 0.483 e. The van der Waals surface area contributed by atoms with E-state index in [2.05, 4.69) is 25.8 Å². The Bertz CT molecular complexity index is 1500. The minimum Gasteiger partial charge on any atom is -0.379 e. The summed E-state index contributed by atoms with van der Waals surface area (Å²) >= 11 is 3.97. The van der Waals surface area contributed by atoms with Gasteiger partial charge in [-0.3, -0.25) is 37.0 Å². The number of nitrogens with two attached hydrogens (primary N) is 2. The first kappa shape index (κ1) is 120. The van der Waals surface area contributed by atoms with Crippen LogP contribution in [-0.2, 0) is 38.1 Å². The molecule has 6 N–H and O–H groups in total. The second-order valence-corrected chi connectivity index (χ2v) is 11.7. The van der Waals surface area contributed by atoms with Gasteiger partial charge in [-0.05, 0) is 32.4 Å². The van der Waals surface area contributed by atoms with Crippen LogP contribution < -0.4 is 22.1 Å². The highest BCUT2D eigenvalue weighted by Gasteiger charge is 2.74. The number of alkyl halides is 40. The number of halogens is 41. The SMILES string of the molecule is C.C.CCF.CCF.CCF.FCF.FCF.FCF.FCF.FCF.FCF.NCCOCCN.O=C(Cl)C(F)(OC(F)(F)C(F)(F)F)C(F)(F)F.O=C(NCCOCCNC(=O)C(F)(OC(F)(F)C(F)(F)F)C(F)(F)F)C(OC(F)C(F)(F)F)C(F)(F)F. The summed E-state index contributed by atoms with van der Waals surface area (Å²) in [4.78, 5) is 32.5. The molecule has 0 rings (SSSR count). The van der Waals surface area contributed by atoms with Crippen molar-refractivity contribution in [3.63, 3.8) is 0 Å². The maximum absolute atomic E-state index is 13.7. The molecule has 0 aliphatic heterocycles. The van der Waals surface area contributed by atoms with Gasteiger partial charge in [0.2, 0.25) is 47.7 Å². The third kappa shape index (κ3) is 71.3. The quantitative estimate of drug-likeness (QED) is 0.0554. The van der Waals surface area contributed by atoms with Crippen molar-refractivity contribution in [2.24, 2.45) is 11.5 Å². The van der Waals surface area contributed by atoms with Crippen molar-refractivity contribution in [2.75, 3.05) is 114 Å². The van der Waals surface area contributed by atoms with Gasteiger partial charge in [0.1, 0.15) is 0 Å². The number of nitrogens with one attached hydrogen (secondary N) is 2. The summed E-state index contributed by atoms with van der Waals surface area (Å²) in [6.07, 6.45) is -60.3. The van der Waals surface area contributed by atoms with Crippen molar-refractivity contribution in [3.8, 4) is 0 Å². The van der Waals surface area contributed by atoms with Crippen molar-refractivity contribution in [2.45, 2.75) is 109 Å². The first-order valence-electron chi connectivity index (χ1n) is 20.5. The second kappa shape index (κ2) is 66.3. The molecule has 562 valence electrons. The van der Waals surface area contributed by atoms with E-state index in [1.165, 1.54) is 26.1 Å². The van der Waals surface area contributed by atoms with E-state index < -0.39 is 158 Å². The van der Waals surface area contributed by atoms with Crippen LogP contribution in [0.1, 0.15) is 35.6 Å². The summed E-state index contributed by atoms with van der Waals surface area (Å²) in [5.41, 5.74) is 10.2. The zero-order valence-electron chi connectivity index (χ0n) is 43.6. The van der Waals surface area contributed by atoms with Crippen LogP contribution in [0.15, 0.2) is 0 Å². The lowest BCUT2D eigenvalue weighted by molar-refractivity contribution is -0.458. The maximum atomic E-state index is 13.7. The summed E-state index contributed by atoms with van der Waals surface area (Å²) in [7, 11) is 0. The van der Waals surface area contributed by atoms with Gasteiger partial charge in [0.15, 0.2) is 0 Å². The van der Waals surface area contributed by atoms with E-state index >= 15 is 0 Å². The minimum absolute atomic E-state index is 0. The number of rotatable bonds is 19. The molecule has 4 unspecified atom stereocenters. The van der Waals surface area contributed by atoms with Crippen LogP contribution in [-0.4, -0.2) is 205 Å². The highest BCUT2D eigenvalue weighted by Crippen LogP contribution is 2.47. The smallest absolute Gasteiger partial charge is 0.379 e. The molecule has 0 aromatic rings. The van der Waals surface area contributed by atoms with E-state index in [0.717, 1.165) is 5.32 Å². The van der Waals surface area contributed by atoms with Gasteiger partial charge in [-0.15, -0.1) is 0 Å². The molecule has 4 atom stereocenters. The van der Waals surface area contributed by atoms with Gasteiger partial charge in [-0.2, -0.15) is 105 Å². The van der Waals surface area contributed by atoms with E-state index in [4.69, 9.17) is 16.2 Å². The van der Waals surface area contributed by atoms with Gasteiger partial charge < -0.3 is 36.3 Å². The fourth-order valence-corrected chi connectivity index (χ4v) is 2.60. The predicted octanol–water partition coefficient (Wildman–Crippen LogP) is 15.0. The second-order valence-electron chi connectivity index (χ2n) is 11.4. The van der Waals surface area contributed by atoms with Crippen molar-refractivity contribution in [1.29, 1.82) is 0 Å². The van der Waals surface area contributed by atoms with Crippen LogP contribution >= 0.6 is 11.6 Å². The summed E-state index contributed by atoms with van der Waals surface area (Å²) in [6, 6.07) is 0. The molecule has 53 heteroatoms. The van der Waals surface area contributed by atoms with Gasteiger partial charge in [0.05, 0.1) is 46.5 Å². The van der Waals surface area contributed by atoms with Crippen LogP contribution in [0.4, 0.5) is 176 Å². The van der Waals surface area contributed by atoms with Crippen LogP contribution in [0.2, 0.25) is 0 Å². The molecule has 0 radical (unpaired) electrons. The highest BCUT2D eigenvalue weighted by atomic mass is 35.5.